The molecular formula is C23H22N2O5. The molecule has 2 heterocycles. The van der Waals surface area contributed by atoms with Crippen LogP contribution in [-0.4, -0.2) is 52.2 Å². The summed E-state index contributed by atoms with van der Waals surface area (Å²) in [5.41, 5.74) is 2.82. The van der Waals surface area contributed by atoms with E-state index in [-0.39, 0.29) is 17.0 Å². The van der Waals surface area contributed by atoms with Crippen LogP contribution >= 0.6 is 0 Å². The van der Waals surface area contributed by atoms with Crippen LogP contribution in [0.3, 0.4) is 0 Å². The fraction of sp³-hybridized carbons (Fsp3) is 0.304. The summed E-state index contributed by atoms with van der Waals surface area (Å²) >= 11 is 0. The van der Waals surface area contributed by atoms with Gasteiger partial charge in [-0.15, -0.1) is 0 Å². The highest BCUT2D eigenvalue weighted by Gasteiger charge is 2.42. The fourth-order valence-corrected chi connectivity index (χ4v) is 3.93. The van der Waals surface area contributed by atoms with Crippen molar-refractivity contribution in [2.24, 2.45) is 0 Å². The van der Waals surface area contributed by atoms with Crippen molar-refractivity contribution in [1.29, 1.82) is 0 Å². The molecule has 154 valence electrons. The minimum Gasteiger partial charge on any atom is -0.451 e. The highest BCUT2D eigenvalue weighted by molar-refractivity contribution is 6.22. The van der Waals surface area contributed by atoms with E-state index in [1.807, 2.05) is 24.3 Å². The lowest BCUT2D eigenvalue weighted by molar-refractivity contribution is -0.162. The Bertz CT molecular complexity index is 1010. The zero-order valence-corrected chi connectivity index (χ0v) is 16.8. The number of ether oxygens (including phenoxy) is 1. The van der Waals surface area contributed by atoms with Crippen LogP contribution in [0.25, 0.3) is 0 Å². The van der Waals surface area contributed by atoms with Gasteiger partial charge in [0, 0.05) is 13.1 Å². The third kappa shape index (κ3) is 3.36. The molecule has 7 nitrogen and oxygen atoms in total. The zero-order valence-electron chi connectivity index (χ0n) is 16.8. The van der Waals surface area contributed by atoms with Crippen molar-refractivity contribution in [3.8, 4) is 0 Å². The number of esters is 1. The normalized spacial score (nSPS) is 17.3. The first-order valence-electron chi connectivity index (χ1n) is 9.91. The Labute approximate surface area is 174 Å². The molecule has 0 radical (unpaired) electrons. The van der Waals surface area contributed by atoms with Gasteiger partial charge in [0.15, 0.2) is 6.10 Å². The van der Waals surface area contributed by atoms with Crippen molar-refractivity contribution in [3.63, 3.8) is 0 Å². The lowest BCUT2D eigenvalue weighted by Gasteiger charge is -2.31. The Hall–Kier alpha value is -3.48. The Morgan fingerprint density at radius 1 is 0.900 bits per heavy atom. The largest absolute Gasteiger partial charge is 0.451 e. The zero-order chi connectivity index (χ0) is 21.4. The minimum absolute atomic E-state index is 0.262. The van der Waals surface area contributed by atoms with Crippen LogP contribution in [0.1, 0.15) is 45.7 Å². The molecule has 2 aromatic carbocycles. The van der Waals surface area contributed by atoms with Gasteiger partial charge in [0.05, 0.1) is 11.1 Å². The average molecular weight is 406 g/mol. The van der Waals surface area contributed by atoms with Gasteiger partial charge in [-0.25, -0.2) is 4.79 Å². The molecule has 30 heavy (non-hydrogen) atoms. The van der Waals surface area contributed by atoms with Crippen molar-refractivity contribution in [2.75, 3.05) is 6.54 Å². The van der Waals surface area contributed by atoms with Crippen molar-refractivity contribution in [3.05, 3.63) is 70.8 Å². The van der Waals surface area contributed by atoms with Gasteiger partial charge >= 0.3 is 5.97 Å². The van der Waals surface area contributed by atoms with Gasteiger partial charge < -0.3 is 9.64 Å². The summed E-state index contributed by atoms with van der Waals surface area (Å²) in [6, 6.07) is 13.2. The highest BCUT2D eigenvalue weighted by Crippen LogP contribution is 2.25. The number of amides is 3. The van der Waals surface area contributed by atoms with Crippen LogP contribution in [0, 0.1) is 0 Å². The van der Waals surface area contributed by atoms with E-state index in [1.165, 1.54) is 19.4 Å². The summed E-state index contributed by atoms with van der Waals surface area (Å²) < 4.78 is 5.35. The number of rotatable bonds is 4. The topological polar surface area (TPSA) is 84.0 Å². The van der Waals surface area contributed by atoms with Crippen molar-refractivity contribution in [1.82, 2.24) is 9.80 Å². The van der Waals surface area contributed by atoms with Crippen LogP contribution < -0.4 is 0 Å². The summed E-state index contributed by atoms with van der Waals surface area (Å²) in [5.74, 6) is -2.16. The molecule has 0 saturated carbocycles. The molecule has 0 aromatic heterocycles. The molecule has 0 saturated heterocycles. The molecule has 0 bridgehead atoms. The molecule has 0 N–H and O–H groups in total. The van der Waals surface area contributed by atoms with Crippen LogP contribution in [0.2, 0.25) is 0 Å². The number of nitrogens with zero attached hydrogens (tertiary/aromatic N) is 2. The SMILES string of the molecule is C[C@@H](OC(=O)[C@H](C)N1C(=O)c2ccccc2C1=O)C(=O)N1CCc2ccccc2C1. The van der Waals surface area contributed by atoms with Crippen molar-refractivity contribution in [2.45, 2.75) is 39.0 Å². The molecule has 0 fully saturated rings. The number of hydrogen-bond donors (Lipinski definition) is 0. The first-order valence-corrected chi connectivity index (χ1v) is 9.91. The maximum Gasteiger partial charge on any atom is 0.329 e. The lowest BCUT2D eigenvalue weighted by Crippen LogP contribution is -2.47. The lowest BCUT2D eigenvalue weighted by atomic mass is 9.99. The first kappa shape index (κ1) is 19.8. The number of carbonyl (C=O) groups excluding carboxylic acids is 4. The Morgan fingerprint density at radius 3 is 2.10 bits per heavy atom. The number of imide groups is 1. The molecule has 3 amide bonds. The molecule has 7 heteroatoms. The second kappa shape index (κ2) is 7.74. The van der Waals surface area contributed by atoms with Crippen LogP contribution in [-0.2, 0) is 27.3 Å². The van der Waals surface area contributed by atoms with E-state index in [0.29, 0.717) is 13.1 Å². The Kier molecular flexibility index (Phi) is 5.11. The summed E-state index contributed by atoms with van der Waals surface area (Å²) in [7, 11) is 0. The molecule has 0 unspecified atom stereocenters. The van der Waals surface area contributed by atoms with E-state index in [0.717, 1.165) is 16.9 Å². The number of fused-ring (bicyclic) bond motifs is 2. The number of benzene rings is 2. The van der Waals surface area contributed by atoms with Crippen molar-refractivity contribution >= 4 is 23.7 Å². The predicted molar refractivity (Wildman–Crippen MR) is 108 cm³/mol. The highest BCUT2D eigenvalue weighted by atomic mass is 16.5. The van der Waals surface area contributed by atoms with Gasteiger partial charge in [0.1, 0.15) is 6.04 Å². The van der Waals surface area contributed by atoms with Crippen LogP contribution in [0.15, 0.2) is 48.5 Å². The van der Waals surface area contributed by atoms with E-state index >= 15 is 0 Å². The quantitative estimate of drug-likeness (QED) is 0.574. The van der Waals surface area contributed by atoms with Gasteiger partial charge in [-0.05, 0) is 43.5 Å². The molecule has 0 spiro atoms. The van der Waals surface area contributed by atoms with E-state index in [1.54, 1.807) is 29.2 Å². The molecular weight excluding hydrogens is 384 g/mol. The average Bonchev–Trinajstić information content (AvgIpc) is 3.02. The van der Waals surface area contributed by atoms with Gasteiger partial charge in [-0.2, -0.15) is 0 Å². The van der Waals surface area contributed by atoms with Gasteiger partial charge in [-0.1, -0.05) is 36.4 Å². The van der Waals surface area contributed by atoms with Crippen molar-refractivity contribution < 1.29 is 23.9 Å². The van der Waals surface area contributed by atoms with E-state index in [4.69, 9.17) is 4.74 Å². The predicted octanol–water partition coefficient (Wildman–Crippen LogP) is 2.19. The molecule has 2 atom stereocenters. The summed E-state index contributed by atoms with van der Waals surface area (Å²) in [6.07, 6.45) is -0.269. The smallest absolute Gasteiger partial charge is 0.329 e. The molecule has 2 aromatic rings. The second-order valence-corrected chi connectivity index (χ2v) is 7.56. The minimum atomic E-state index is -1.13. The molecule has 0 aliphatic carbocycles. The standard InChI is InChI=1S/C23H22N2O5/c1-14(25-21(27)18-9-5-6-10-19(18)22(25)28)23(29)30-15(2)20(26)24-12-11-16-7-3-4-8-17(16)13-24/h3-10,14-15H,11-13H2,1-2H3/t14-,15+/m0/s1. The summed E-state index contributed by atoms with van der Waals surface area (Å²) in [4.78, 5) is 53.1. The Morgan fingerprint density at radius 2 is 1.47 bits per heavy atom. The van der Waals surface area contributed by atoms with Gasteiger partial charge in [-0.3, -0.25) is 19.3 Å². The molecule has 2 aliphatic rings. The van der Waals surface area contributed by atoms with Gasteiger partial charge in [0.25, 0.3) is 17.7 Å². The third-order valence-electron chi connectivity index (χ3n) is 5.64. The number of carbonyl (C=O) groups is 4. The molecule has 2 aliphatic heterocycles. The van der Waals surface area contributed by atoms with E-state index in [9.17, 15) is 19.2 Å². The Balaban J connectivity index is 1.41. The first-order chi connectivity index (χ1) is 14.4. The van der Waals surface area contributed by atoms with Gasteiger partial charge in [0.2, 0.25) is 0 Å². The maximum atomic E-state index is 12.8. The summed E-state index contributed by atoms with van der Waals surface area (Å²) in [6.45, 7) is 3.95. The monoisotopic (exact) mass is 406 g/mol. The third-order valence-corrected chi connectivity index (χ3v) is 5.64. The van der Waals surface area contributed by atoms with Crippen LogP contribution in [0.5, 0.6) is 0 Å². The van der Waals surface area contributed by atoms with E-state index in [2.05, 4.69) is 0 Å². The van der Waals surface area contributed by atoms with E-state index < -0.39 is 29.9 Å². The fourth-order valence-electron chi connectivity index (χ4n) is 3.93. The second-order valence-electron chi connectivity index (χ2n) is 7.56. The maximum absolute atomic E-state index is 12.8. The molecule has 4 rings (SSSR count). The van der Waals surface area contributed by atoms with Crippen LogP contribution in [0.4, 0.5) is 0 Å². The summed E-state index contributed by atoms with van der Waals surface area (Å²) in [5, 5.41) is 0. The number of hydrogen-bond acceptors (Lipinski definition) is 5.